The van der Waals surface area contributed by atoms with Crippen LogP contribution in [-0.2, 0) is 40.0 Å². The standard InChI is InChI=1S/C29H30N2O3S/c1-20(23-8-5-13-31-18-23)14-24(32)16-28-26(17-30)25-11-9-22(15-27(25)35-28)19-34-29(33)12-10-21-6-3-2-4-7-21/h2-8,13,18,20,22H,9-12,14-16,19H2,1H3. The summed E-state index contributed by atoms with van der Waals surface area (Å²) in [7, 11) is 0. The molecule has 0 spiro atoms. The topological polar surface area (TPSA) is 80.0 Å². The van der Waals surface area contributed by atoms with Crippen LogP contribution in [0.3, 0.4) is 0 Å². The van der Waals surface area contributed by atoms with Gasteiger partial charge < -0.3 is 4.74 Å². The second kappa shape index (κ2) is 11.9. The first-order valence-electron chi connectivity index (χ1n) is 12.2. The molecule has 3 aromatic rings. The Labute approximate surface area is 210 Å². The van der Waals surface area contributed by atoms with E-state index in [1.54, 1.807) is 23.7 Å². The number of carbonyl (C=O) groups excluding carboxylic acids is 2. The molecule has 0 saturated heterocycles. The molecule has 6 heteroatoms. The number of Topliss-reactive ketones (excluding diaryl/α,β-unsaturated/α-hetero) is 1. The maximum atomic E-state index is 12.8. The number of ether oxygens (including phenoxy) is 1. The van der Waals surface area contributed by atoms with E-state index in [1.807, 2.05) is 49.4 Å². The number of aromatic nitrogens is 1. The molecule has 0 saturated carbocycles. The van der Waals surface area contributed by atoms with E-state index >= 15 is 0 Å². The molecule has 5 nitrogen and oxygen atoms in total. The maximum Gasteiger partial charge on any atom is 0.306 e. The van der Waals surface area contributed by atoms with Crippen LogP contribution >= 0.6 is 11.3 Å². The lowest BCUT2D eigenvalue weighted by Gasteiger charge is -2.22. The predicted octanol–water partition coefficient (Wildman–Crippen LogP) is 5.60. The average Bonchev–Trinajstić information content (AvgIpc) is 3.23. The summed E-state index contributed by atoms with van der Waals surface area (Å²) >= 11 is 1.59. The quantitative estimate of drug-likeness (QED) is 0.349. The number of benzene rings is 1. The predicted molar refractivity (Wildman–Crippen MR) is 136 cm³/mol. The Hall–Kier alpha value is -3.30. The van der Waals surface area contributed by atoms with Crippen LogP contribution in [0.4, 0.5) is 0 Å². The Morgan fingerprint density at radius 1 is 1.23 bits per heavy atom. The number of hydrogen-bond donors (Lipinski definition) is 0. The van der Waals surface area contributed by atoms with Gasteiger partial charge in [-0.25, -0.2) is 0 Å². The number of ketones is 1. The van der Waals surface area contributed by atoms with Gasteiger partial charge in [-0.05, 0) is 60.3 Å². The van der Waals surface area contributed by atoms with Crippen molar-refractivity contribution in [2.75, 3.05) is 6.61 Å². The molecule has 0 bridgehead atoms. The van der Waals surface area contributed by atoms with Gasteiger partial charge in [-0.1, -0.05) is 43.3 Å². The second-order valence-corrected chi connectivity index (χ2v) is 10.5. The molecular formula is C29H30N2O3S. The van der Waals surface area contributed by atoms with Crippen molar-refractivity contribution in [1.29, 1.82) is 5.26 Å². The normalized spacial score (nSPS) is 15.6. The van der Waals surface area contributed by atoms with E-state index in [-0.39, 0.29) is 23.6 Å². The fourth-order valence-corrected chi connectivity index (χ4v) is 6.11. The van der Waals surface area contributed by atoms with Crippen molar-refractivity contribution in [2.45, 2.75) is 57.8 Å². The molecule has 0 radical (unpaired) electrons. The Morgan fingerprint density at radius 3 is 2.80 bits per heavy atom. The summed E-state index contributed by atoms with van der Waals surface area (Å²) in [5.74, 6) is 0.317. The van der Waals surface area contributed by atoms with Crippen LogP contribution < -0.4 is 0 Å². The van der Waals surface area contributed by atoms with Gasteiger partial charge in [0, 0.05) is 41.4 Å². The van der Waals surface area contributed by atoms with Crippen LogP contribution in [0, 0.1) is 17.2 Å². The van der Waals surface area contributed by atoms with Crippen molar-refractivity contribution in [3.05, 3.63) is 86.9 Å². The third-order valence-corrected chi connectivity index (χ3v) is 7.89. The number of rotatable bonds is 10. The van der Waals surface area contributed by atoms with Crippen LogP contribution in [0.2, 0.25) is 0 Å². The van der Waals surface area contributed by atoms with E-state index in [4.69, 9.17) is 4.74 Å². The molecule has 0 amide bonds. The molecule has 35 heavy (non-hydrogen) atoms. The van der Waals surface area contributed by atoms with Crippen LogP contribution in [0.25, 0.3) is 0 Å². The summed E-state index contributed by atoms with van der Waals surface area (Å²) in [6.07, 6.45) is 7.79. The van der Waals surface area contributed by atoms with Gasteiger partial charge in [0.25, 0.3) is 0 Å². The SMILES string of the molecule is CC(CC(=O)Cc1sc2c(c1C#N)CCC(COC(=O)CCc1ccccc1)C2)c1cccnc1. The minimum Gasteiger partial charge on any atom is -0.465 e. The number of thiophene rings is 1. The van der Waals surface area contributed by atoms with Gasteiger partial charge in [0.05, 0.1) is 12.2 Å². The summed E-state index contributed by atoms with van der Waals surface area (Å²) in [5.41, 5.74) is 3.96. The van der Waals surface area contributed by atoms with Crippen molar-refractivity contribution in [3.8, 4) is 6.07 Å². The first-order valence-corrected chi connectivity index (χ1v) is 13.0. The van der Waals surface area contributed by atoms with Gasteiger partial charge in [0.2, 0.25) is 0 Å². The molecule has 180 valence electrons. The van der Waals surface area contributed by atoms with Crippen molar-refractivity contribution < 1.29 is 14.3 Å². The zero-order chi connectivity index (χ0) is 24.6. The van der Waals surface area contributed by atoms with Crippen molar-refractivity contribution in [2.24, 2.45) is 5.92 Å². The number of hydrogen-bond acceptors (Lipinski definition) is 6. The minimum atomic E-state index is -0.169. The van der Waals surface area contributed by atoms with Crippen LogP contribution in [0.5, 0.6) is 0 Å². The van der Waals surface area contributed by atoms with E-state index in [0.717, 1.165) is 40.8 Å². The molecule has 2 atom stereocenters. The van der Waals surface area contributed by atoms with E-state index in [1.165, 1.54) is 4.88 Å². The third-order valence-electron chi connectivity index (χ3n) is 6.64. The smallest absolute Gasteiger partial charge is 0.306 e. The molecule has 4 rings (SSSR count). The first kappa shape index (κ1) is 24.8. The maximum absolute atomic E-state index is 12.8. The van der Waals surface area contributed by atoms with E-state index in [9.17, 15) is 14.9 Å². The average molecular weight is 487 g/mol. The lowest BCUT2D eigenvalue weighted by atomic mass is 9.87. The monoisotopic (exact) mass is 486 g/mol. The van der Waals surface area contributed by atoms with E-state index in [0.29, 0.717) is 37.9 Å². The highest BCUT2D eigenvalue weighted by Gasteiger charge is 2.27. The number of fused-ring (bicyclic) bond motifs is 1. The zero-order valence-electron chi connectivity index (χ0n) is 20.0. The minimum absolute atomic E-state index is 0.0947. The lowest BCUT2D eigenvalue weighted by molar-refractivity contribution is -0.145. The highest BCUT2D eigenvalue weighted by Crippen LogP contribution is 2.37. The third kappa shape index (κ3) is 6.64. The van der Waals surface area contributed by atoms with E-state index < -0.39 is 0 Å². The highest BCUT2D eigenvalue weighted by molar-refractivity contribution is 7.12. The Bertz CT molecular complexity index is 1200. The van der Waals surface area contributed by atoms with Crippen LogP contribution in [0.1, 0.15) is 64.1 Å². The summed E-state index contributed by atoms with van der Waals surface area (Å²) in [4.78, 5) is 31.2. The zero-order valence-corrected chi connectivity index (χ0v) is 20.9. The molecule has 1 aliphatic carbocycles. The number of nitrogens with zero attached hydrogens (tertiary/aromatic N) is 2. The van der Waals surface area contributed by atoms with Gasteiger partial charge in [-0.3, -0.25) is 14.6 Å². The highest BCUT2D eigenvalue weighted by atomic mass is 32.1. The van der Waals surface area contributed by atoms with Gasteiger partial charge >= 0.3 is 5.97 Å². The first-order chi connectivity index (χ1) is 17.0. The van der Waals surface area contributed by atoms with Gasteiger partial charge in [0.15, 0.2) is 0 Å². The molecule has 0 N–H and O–H groups in total. The fourth-order valence-electron chi connectivity index (χ4n) is 4.66. The fraction of sp³-hybridized carbons (Fsp3) is 0.379. The molecule has 2 aromatic heterocycles. The van der Waals surface area contributed by atoms with E-state index in [2.05, 4.69) is 11.1 Å². The van der Waals surface area contributed by atoms with Crippen molar-refractivity contribution in [1.82, 2.24) is 4.98 Å². The molecule has 2 heterocycles. The van der Waals surface area contributed by atoms with Crippen LogP contribution in [0.15, 0.2) is 54.9 Å². The summed E-state index contributed by atoms with van der Waals surface area (Å²) < 4.78 is 5.57. The Kier molecular flexibility index (Phi) is 8.44. The summed E-state index contributed by atoms with van der Waals surface area (Å²) in [5, 5.41) is 9.80. The Morgan fingerprint density at radius 2 is 2.06 bits per heavy atom. The Balaban J connectivity index is 1.30. The molecular weight excluding hydrogens is 456 g/mol. The molecule has 0 aliphatic heterocycles. The molecule has 1 aliphatic rings. The van der Waals surface area contributed by atoms with Crippen LogP contribution in [-0.4, -0.2) is 23.3 Å². The van der Waals surface area contributed by atoms with Gasteiger partial charge in [-0.15, -0.1) is 11.3 Å². The van der Waals surface area contributed by atoms with Gasteiger partial charge in [0.1, 0.15) is 11.9 Å². The number of nitriles is 1. The van der Waals surface area contributed by atoms with Gasteiger partial charge in [-0.2, -0.15) is 5.26 Å². The van der Waals surface area contributed by atoms with Crippen molar-refractivity contribution in [3.63, 3.8) is 0 Å². The van der Waals surface area contributed by atoms with Crippen molar-refractivity contribution >= 4 is 23.1 Å². The summed E-state index contributed by atoms with van der Waals surface area (Å²) in [6, 6.07) is 16.2. The second-order valence-electron chi connectivity index (χ2n) is 9.30. The summed E-state index contributed by atoms with van der Waals surface area (Å²) in [6.45, 7) is 2.44. The largest absolute Gasteiger partial charge is 0.465 e. The number of pyridine rings is 1. The molecule has 0 fully saturated rings. The lowest BCUT2D eigenvalue weighted by Crippen LogP contribution is -2.20. The molecule has 2 unspecified atom stereocenters. The number of carbonyl (C=O) groups is 2. The number of esters is 1. The number of aryl methyl sites for hydroxylation is 1. The molecule has 1 aromatic carbocycles.